The van der Waals surface area contributed by atoms with Crippen LogP contribution in [0.3, 0.4) is 0 Å². The summed E-state index contributed by atoms with van der Waals surface area (Å²) in [6, 6.07) is 4.71. The molecule has 5 N–H and O–H groups in total. The number of hydrogen-bond acceptors (Lipinski definition) is 5. The fraction of sp³-hybridized carbons (Fsp3) is 0.462. The molecule has 6 nitrogen and oxygen atoms in total. The Hall–Kier alpha value is -1.63. The first-order valence-electron chi connectivity index (χ1n) is 5.94. The lowest BCUT2D eigenvalue weighted by atomic mass is 9.98. The van der Waals surface area contributed by atoms with Gasteiger partial charge in [-0.05, 0) is 30.7 Å². The third-order valence-electron chi connectivity index (χ3n) is 2.80. The Morgan fingerprint density at radius 2 is 2.11 bits per heavy atom. The molecular formula is C13H19NO5. The molecule has 0 saturated carbocycles. The summed E-state index contributed by atoms with van der Waals surface area (Å²) >= 11 is 0. The van der Waals surface area contributed by atoms with Crippen LogP contribution in [-0.2, 0) is 11.2 Å². The van der Waals surface area contributed by atoms with Gasteiger partial charge in [-0.1, -0.05) is 6.07 Å². The molecule has 0 aromatic heterocycles. The number of hydrogen-bond donors (Lipinski definition) is 4. The Kier molecular flexibility index (Phi) is 5.75. The highest BCUT2D eigenvalue weighted by atomic mass is 16.5. The average molecular weight is 269 g/mol. The van der Waals surface area contributed by atoms with Crippen molar-refractivity contribution in [3.63, 3.8) is 0 Å². The summed E-state index contributed by atoms with van der Waals surface area (Å²) in [6.45, 7) is 0.245. The Balaban J connectivity index is 3.04. The van der Waals surface area contributed by atoms with E-state index in [1.54, 1.807) is 12.1 Å². The Labute approximate surface area is 111 Å². The van der Waals surface area contributed by atoms with Gasteiger partial charge in [0.05, 0.1) is 19.6 Å². The molecule has 6 heteroatoms. The van der Waals surface area contributed by atoms with Crippen molar-refractivity contribution in [3.05, 3.63) is 29.3 Å². The van der Waals surface area contributed by atoms with Crippen LogP contribution in [-0.4, -0.2) is 41.0 Å². The first-order valence-corrected chi connectivity index (χ1v) is 5.94. The highest BCUT2D eigenvalue weighted by Crippen LogP contribution is 2.29. The quantitative estimate of drug-likeness (QED) is 0.557. The summed E-state index contributed by atoms with van der Waals surface area (Å²) < 4.78 is 5.10. The third-order valence-corrected chi connectivity index (χ3v) is 2.80. The Morgan fingerprint density at radius 1 is 1.42 bits per heavy atom. The van der Waals surface area contributed by atoms with E-state index >= 15 is 0 Å². The van der Waals surface area contributed by atoms with Gasteiger partial charge < -0.3 is 25.8 Å². The number of aliphatic hydroxyl groups excluding tert-OH is 2. The normalized spacial score (nSPS) is 13.9. The molecule has 0 aliphatic carbocycles. The van der Waals surface area contributed by atoms with Gasteiger partial charge in [-0.3, -0.25) is 4.79 Å². The van der Waals surface area contributed by atoms with Gasteiger partial charge in [0, 0.05) is 5.56 Å². The third kappa shape index (κ3) is 4.20. The van der Waals surface area contributed by atoms with Gasteiger partial charge in [-0.25, -0.2) is 0 Å². The standard InChI is InChI=1S/C13H19NO5/c1-19-11-3-2-8(7-12(16)17)6-9(11)13(18)10(15)4-5-14/h2-3,6,10,13,15,18H,4-5,7,14H2,1H3,(H,16,17). The Bertz CT molecular complexity index is 435. The highest BCUT2D eigenvalue weighted by Gasteiger charge is 2.22. The number of ether oxygens (including phenoxy) is 1. The van der Waals surface area contributed by atoms with Crippen LogP contribution in [0.15, 0.2) is 18.2 Å². The maximum absolute atomic E-state index is 10.7. The topological polar surface area (TPSA) is 113 Å². The highest BCUT2D eigenvalue weighted by molar-refractivity contribution is 5.70. The summed E-state index contributed by atoms with van der Waals surface area (Å²) in [4.78, 5) is 10.7. The van der Waals surface area contributed by atoms with Crippen LogP contribution >= 0.6 is 0 Å². The summed E-state index contributed by atoms with van der Waals surface area (Å²) in [6.07, 6.45) is -2.09. The summed E-state index contributed by atoms with van der Waals surface area (Å²) in [5.74, 6) is -0.564. The number of benzene rings is 1. The number of carboxylic acids is 1. The average Bonchev–Trinajstić information content (AvgIpc) is 2.37. The molecule has 0 radical (unpaired) electrons. The second-order valence-corrected chi connectivity index (χ2v) is 4.24. The van der Waals surface area contributed by atoms with E-state index in [0.29, 0.717) is 16.9 Å². The Morgan fingerprint density at radius 3 is 2.63 bits per heavy atom. The van der Waals surface area contributed by atoms with E-state index in [1.165, 1.54) is 13.2 Å². The molecule has 0 heterocycles. The molecule has 19 heavy (non-hydrogen) atoms. The fourth-order valence-corrected chi connectivity index (χ4v) is 1.84. The molecule has 1 aromatic rings. The van der Waals surface area contributed by atoms with Crippen LogP contribution in [0.2, 0.25) is 0 Å². The maximum atomic E-state index is 10.7. The number of carboxylic acid groups (broad SMARTS) is 1. The van der Waals surface area contributed by atoms with E-state index in [4.69, 9.17) is 15.6 Å². The SMILES string of the molecule is COc1ccc(CC(=O)O)cc1C(O)C(O)CCN. The van der Waals surface area contributed by atoms with Crippen molar-refractivity contribution >= 4 is 5.97 Å². The van der Waals surface area contributed by atoms with E-state index in [1.807, 2.05) is 0 Å². The smallest absolute Gasteiger partial charge is 0.307 e. The number of methoxy groups -OCH3 is 1. The number of carbonyl (C=O) groups is 1. The molecule has 0 aliphatic heterocycles. The minimum absolute atomic E-state index is 0.156. The lowest BCUT2D eigenvalue weighted by Crippen LogP contribution is -2.22. The molecule has 1 rings (SSSR count). The largest absolute Gasteiger partial charge is 0.496 e. The molecule has 1 aromatic carbocycles. The molecule has 0 bridgehead atoms. The predicted molar refractivity (Wildman–Crippen MR) is 69.0 cm³/mol. The first kappa shape index (κ1) is 15.4. The van der Waals surface area contributed by atoms with Gasteiger partial charge in [0.2, 0.25) is 0 Å². The minimum Gasteiger partial charge on any atom is -0.496 e. The molecule has 0 fully saturated rings. The van der Waals surface area contributed by atoms with Crippen molar-refractivity contribution < 1.29 is 24.9 Å². The van der Waals surface area contributed by atoms with Gasteiger partial charge in [0.25, 0.3) is 0 Å². The number of aliphatic hydroxyl groups is 2. The molecule has 0 aliphatic rings. The monoisotopic (exact) mass is 269 g/mol. The van der Waals surface area contributed by atoms with Crippen molar-refractivity contribution in [3.8, 4) is 5.75 Å². The fourth-order valence-electron chi connectivity index (χ4n) is 1.84. The van der Waals surface area contributed by atoms with Crippen molar-refractivity contribution in [1.29, 1.82) is 0 Å². The van der Waals surface area contributed by atoms with Crippen LogP contribution in [0, 0.1) is 0 Å². The van der Waals surface area contributed by atoms with Gasteiger partial charge in [0.15, 0.2) is 0 Å². The molecule has 106 valence electrons. The van der Waals surface area contributed by atoms with Crippen LogP contribution in [0.4, 0.5) is 0 Å². The molecule has 2 atom stereocenters. The van der Waals surface area contributed by atoms with Crippen LogP contribution in [0.5, 0.6) is 5.75 Å². The van der Waals surface area contributed by atoms with Crippen LogP contribution in [0.25, 0.3) is 0 Å². The van der Waals surface area contributed by atoms with E-state index < -0.39 is 18.2 Å². The minimum atomic E-state index is -1.16. The lowest BCUT2D eigenvalue weighted by Gasteiger charge is -2.20. The van der Waals surface area contributed by atoms with Gasteiger partial charge in [0.1, 0.15) is 11.9 Å². The van der Waals surface area contributed by atoms with E-state index in [-0.39, 0.29) is 19.4 Å². The second kappa shape index (κ2) is 7.08. The number of rotatable bonds is 7. The van der Waals surface area contributed by atoms with Crippen molar-refractivity contribution in [2.24, 2.45) is 5.73 Å². The van der Waals surface area contributed by atoms with E-state index in [9.17, 15) is 15.0 Å². The maximum Gasteiger partial charge on any atom is 0.307 e. The second-order valence-electron chi connectivity index (χ2n) is 4.24. The zero-order valence-corrected chi connectivity index (χ0v) is 10.7. The van der Waals surface area contributed by atoms with Crippen LogP contribution < -0.4 is 10.5 Å². The van der Waals surface area contributed by atoms with E-state index in [0.717, 1.165) is 0 Å². The van der Waals surface area contributed by atoms with Gasteiger partial charge >= 0.3 is 5.97 Å². The zero-order valence-electron chi connectivity index (χ0n) is 10.7. The van der Waals surface area contributed by atoms with Crippen molar-refractivity contribution in [2.45, 2.75) is 25.0 Å². The molecule has 0 saturated heterocycles. The summed E-state index contributed by atoms with van der Waals surface area (Å²) in [7, 11) is 1.44. The van der Waals surface area contributed by atoms with Crippen LogP contribution in [0.1, 0.15) is 23.7 Å². The lowest BCUT2D eigenvalue weighted by molar-refractivity contribution is -0.136. The number of nitrogens with two attached hydrogens (primary N) is 1. The van der Waals surface area contributed by atoms with Crippen molar-refractivity contribution in [2.75, 3.05) is 13.7 Å². The van der Waals surface area contributed by atoms with Gasteiger partial charge in [-0.2, -0.15) is 0 Å². The van der Waals surface area contributed by atoms with Crippen molar-refractivity contribution in [1.82, 2.24) is 0 Å². The zero-order chi connectivity index (χ0) is 14.4. The molecular weight excluding hydrogens is 250 g/mol. The van der Waals surface area contributed by atoms with Gasteiger partial charge in [-0.15, -0.1) is 0 Å². The van der Waals surface area contributed by atoms with E-state index in [2.05, 4.69) is 0 Å². The summed E-state index contributed by atoms with van der Waals surface area (Å²) in [5.41, 5.74) is 6.22. The molecule has 0 spiro atoms. The molecule has 2 unspecified atom stereocenters. The molecule has 0 amide bonds. The number of aliphatic carboxylic acids is 1. The first-order chi connectivity index (χ1) is 8.99. The predicted octanol–water partition coefficient (Wildman–Crippen LogP) is 0.0654. The summed E-state index contributed by atoms with van der Waals surface area (Å²) in [5, 5.41) is 28.6.